The van der Waals surface area contributed by atoms with Gasteiger partial charge in [0, 0.05) is 27.5 Å². The lowest BCUT2D eigenvalue weighted by Crippen LogP contribution is -2.00. The Labute approximate surface area is 259 Å². The van der Waals surface area contributed by atoms with Gasteiger partial charge in [0.05, 0.1) is 0 Å². The van der Waals surface area contributed by atoms with Gasteiger partial charge in [-0.25, -0.2) is 15.0 Å². The van der Waals surface area contributed by atoms with Gasteiger partial charge < -0.3 is 4.42 Å². The summed E-state index contributed by atoms with van der Waals surface area (Å²) in [6, 6.07) is 52.2. The molecule has 0 bridgehead atoms. The van der Waals surface area contributed by atoms with Crippen LogP contribution in [0.2, 0.25) is 0 Å². The number of nitrogens with zero attached hydrogens (tertiary/aromatic N) is 3. The maximum absolute atomic E-state index is 6.59. The highest BCUT2D eigenvalue weighted by Crippen LogP contribution is 2.41. The molecule has 0 atom stereocenters. The van der Waals surface area contributed by atoms with Crippen LogP contribution < -0.4 is 0 Å². The van der Waals surface area contributed by atoms with Crippen LogP contribution in [-0.4, -0.2) is 15.0 Å². The van der Waals surface area contributed by atoms with Crippen LogP contribution in [0.1, 0.15) is 0 Å². The molecule has 0 N–H and O–H groups in total. The Balaban J connectivity index is 1.36. The van der Waals surface area contributed by atoms with Gasteiger partial charge in [0.2, 0.25) is 0 Å². The minimum Gasteiger partial charge on any atom is -0.456 e. The summed E-state index contributed by atoms with van der Waals surface area (Å²) in [5, 5.41) is 6.63. The van der Waals surface area contributed by atoms with E-state index in [-0.39, 0.29) is 0 Å². The van der Waals surface area contributed by atoms with Crippen molar-refractivity contribution in [3.05, 3.63) is 152 Å². The zero-order valence-corrected chi connectivity index (χ0v) is 24.2. The standard InChI is InChI=1S/C41H25N3O/c1-3-11-26(12-4-1)33-23-35(38-34-22-30-17-9-10-18-31(30)24-36(34)45-37(38)25-33)41-43-39(28-14-5-2-6-15-28)42-40(44-41)32-20-19-27-13-7-8-16-29(27)21-32/h1-25H. The fourth-order valence-corrected chi connectivity index (χ4v) is 6.24. The molecule has 2 heterocycles. The van der Waals surface area contributed by atoms with Crippen molar-refractivity contribution in [2.45, 2.75) is 0 Å². The average Bonchev–Trinajstić information content (AvgIpc) is 3.47. The van der Waals surface area contributed by atoms with E-state index in [1.807, 2.05) is 36.4 Å². The maximum atomic E-state index is 6.59. The summed E-state index contributed by atoms with van der Waals surface area (Å²) in [6.45, 7) is 0. The zero-order chi connectivity index (χ0) is 29.7. The van der Waals surface area contributed by atoms with Gasteiger partial charge in [-0.3, -0.25) is 0 Å². The quantitative estimate of drug-likeness (QED) is 0.209. The number of furan rings is 1. The van der Waals surface area contributed by atoms with Crippen LogP contribution in [0.4, 0.5) is 0 Å². The highest BCUT2D eigenvalue weighted by atomic mass is 16.3. The van der Waals surface area contributed by atoms with E-state index in [1.54, 1.807) is 0 Å². The second-order valence-corrected chi connectivity index (χ2v) is 11.3. The third kappa shape index (κ3) is 4.43. The second-order valence-electron chi connectivity index (χ2n) is 11.3. The number of rotatable bonds is 4. The molecule has 0 aliphatic rings. The fraction of sp³-hybridized carbons (Fsp3) is 0. The molecule has 0 saturated heterocycles. The lowest BCUT2D eigenvalue weighted by atomic mass is 9.97. The highest BCUT2D eigenvalue weighted by Gasteiger charge is 2.20. The first kappa shape index (κ1) is 25.4. The largest absolute Gasteiger partial charge is 0.456 e. The molecule has 0 aliphatic carbocycles. The first-order chi connectivity index (χ1) is 22.3. The van der Waals surface area contributed by atoms with Gasteiger partial charge in [0.1, 0.15) is 11.2 Å². The first-order valence-corrected chi connectivity index (χ1v) is 15.0. The van der Waals surface area contributed by atoms with E-state index in [0.717, 1.165) is 65.9 Å². The SMILES string of the molecule is c1ccc(-c2cc(-c3nc(-c4ccccc4)nc(-c4ccc5ccccc5c4)n3)c3c(c2)oc2cc4ccccc4cc23)cc1. The molecule has 0 radical (unpaired) electrons. The second kappa shape index (κ2) is 10.2. The smallest absolute Gasteiger partial charge is 0.164 e. The molecule has 9 rings (SSSR count). The van der Waals surface area contributed by atoms with Crippen LogP contribution in [0.25, 0.3) is 88.8 Å². The third-order valence-corrected chi connectivity index (χ3v) is 8.46. The average molecular weight is 576 g/mol. The predicted octanol–water partition coefficient (Wildman–Crippen LogP) is 10.7. The van der Waals surface area contributed by atoms with Gasteiger partial charge in [-0.15, -0.1) is 0 Å². The topological polar surface area (TPSA) is 51.8 Å². The molecule has 0 spiro atoms. The van der Waals surface area contributed by atoms with Crippen LogP contribution >= 0.6 is 0 Å². The Morgan fingerprint density at radius 1 is 0.356 bits per heavy atom. The molecule has 0 amide bonds. The Morgan fingerprint density at radius 2 is 0.933 bits per heavy atom. The number of fused-ring (bicyclic) bond motifs is 5. The van der Waals surface area contributed by atoms with Gasteiger partial charge in [-0.1, -0.05) is 121 Å². The van der Waals surface area contributed by atoms with E-state index >= 15 is 0 Å². The predicted molar refractivity (Wildman–Crippen MR) is 184 cm³/mol. The lowest BCUT2D eigenvalue weighted by Gasteiger charge is -2.11. The zero-order valence-electron chi connectivity index (χ0n) is 24.2. The van der Waals surface area contributed by atoms with Crippen LogP contribution in [0.15, 0.2) is 156 Å². The summed E-state index contributed by atoms with van der Waals surface area (Å²) in [4.78, 5) is 15.3. The highest BCUT2D eigenvalue weighted by molar-refractivity contribution is 6.16. The van der Waals surface area contributed by atoms with E-state index < -0.39 is 0 Å². The summed E-state index contributed by atoms with van der Waals surface area (Å²) in [5.41, 5.74) is 6.54. The summed E-state index contributed by atoms with van der Waals surface area (Å²) >= 11 is 0. The van der Waals surface area contributed by atoms with Gasteiger partial charge in [0.15, 0.2) is 17.5 Å². The molecule has 210 valence electrons. The molecule has 4 nitrogen and oxygen atoms in total. The first-order valence-electron chi connectivity index (χ1n) is 15.0. The minimum absolute atomic E-state index is 0.602. The van der Waals surface area contributed by atoms with Gasteiger partial charge in [-0.2, -0.15) is 0 Å². The number of hydrogen-bond acceptors (Lipinski definition) is 4. The van der Waals surface area contributed by atoms with Gasteiger partial charge in [-0.05, 0) is 63.0 Å². The van der Waals surface area contributed by atoms with Crippen molar-refractivity contribution >= 4 is 43.5 Å². The normalized spacial score (nSPS) is 11.6. The number of hydrogen-bond donors (Lipinski definition) is 0. The molecule has 4 heteroatoms. The van der Waals surface area contributed by atoms with E-state index in [1.165, 1.54) is 5.39 Å². The lowest BCUT2D eigenvalue weighted by molar-refractivity contribution is 0.669. The molecular formula is C41H25N3O. The number of aromatic nitrogens is 3. The molecule has 2 aromatic heterocycles. The molecule has 45 heavy (non-hydrogen) atoms. The van der Waals surface area contributed by atoms with Gasteiger partial charge >= 0.3 is 0 Å². The van der Waals surface area contributed by atoms with Crippen molar-refractivity contribution in [3.63, 3.8) is 0 Å². The minimum atomic E-state index is 0.602. The van der Waals surface area contributed by atoms with Gasteiger partial charge in [0.25, 0.3) is 0 Å². The molecule has 0 aliphatic heterocycles. The van der Waals surface area contributed by atoms with E-state index in [9.17, 15) is 0 Å². The molecule has 9 aromatic rings. The van der Waals surface area contributed by atoms with Crippen LogP contribution in [-0.2, 0) is 0 Å². The summed E-state index contributed by atoms with van der Waals surface area (Å²) in [5.74, 6) is 1.85. The molecular weight excluding hydrogens is 550 g/mol. The Kier molecular flexibility index (Phi) is 5.78. The monoisotopic (exact) mass is 575 g/mol. The van der Waals surface area contributed by atoms with E-state index in [0.29, 0.717) is 17.5 Å². The summed E-state index contributed by atoms with van der Waals surface area (Å²) in [7, 11) is 0. The molecule has 7 aromatic carbocycles. The number of benzene rings is 7. The van der Waals surface area contributed by atoms with Crippen LogP contribution in [0.3, 0.4) is 0 Å². The molecule has 0 unspecified atom stereocenters. The van der Waals surface area contributed by atoms with E-state index in [2.05, 4.69) is 115 Å². The van der Waals surface area contributed by atoms with Crippen molar-refractivity contribution in [1.82, 2.24) is 15.0 Å². The van der Waals surface area contributed by atoms with Crippen molar-refractivity contribution in [3.8, 4) is 45.3 Å². The van der Waals surface area contributed by atoms with Crippen molar-refractivity contribution in [1.29, 1.82) is 0 Å². The van der Waals surface area contributed by atoms with Crippen molar-refractivity contribution < 1.29 is 4.42 Å². The Hall–Kier alpha value is -6.13. The fourth-order valence-electron chi connectivity index (χ4n) is 6.24. The Morgan fingerprint density at radius 3 is 1.67 bits per heavy atom. The third-order valence-electron chi connectivity index (χ3n) is 8.46. The van der Waals surface area contributed by atoms with Crippen LogP contribution in [0.5, 0.6) is 0 Å². The van der Waals surface area contributed by atoms with Crippen LogP contribution in [0, 0.1) is 0 Å². The summed E-state index contributed by atoms with van der Waals surface area (Å²) < 4.78 is 6.59. The maximum Gasteiger partial charge on any atom is 0.164 e. The molecule has 0 fully saturated rings. The summed E-state index contributed by atoms with van der Waals surface area (Å²) in [6.07, 6.45) is 0. The van der Waals surface area contributed by atoms with Crippen molar-refractivity contribution in [2.24, 2.45) is 0 Å². The van der Waals surface area contributed by atoms with Crippen molar-refractivity contribution in [2.75, 3.05) is 0 Å². The van der Waals surface area contributed by atoms with E-state index in [4.69, 9.17) is 19.4 Å². The Bertz CT molecular complexity index is 2540. The molecule has 0 saturated carbocycles.